The van der Waals surface area contributed by atoms with Gasteiger partial charge in [-0.1, -0.05) is 0 Å². The zero-order chi connectivity index (χ0) is 15.9. The highest BCUT2D eigenvalue weighted by atomic mass is 16.5. The molecule has 8 nitrogen and oxygen atoms in total. The van der Waals surface area contributed by atoms with Crippen LogP contribution in [0.3, 0.4) is 0 Å². The fourth-order valence-electron chi connectivity index (χ4n) is 1.99. The van der Waals surface area contributed by atoms with Gasteiger partial charge in [0.2, 0.25) is 0 Å². The Balaban J connectivity index is 1.96. The lowest BCUT2D eigenvalue weighted by Gasteiger charge is -2.16. The molecule has 0 spiro atoms. The number of imidazole rings is 1. The largest absolute Gasteiger partial charge is 0.465 e. The van der Waals surface area contributed by atoms with Gasteiger partial charge in [0.15, 0.2) is 5.65 Å². The number of carbonyl (C=O) groups excluding carboxylic acids is 2. The summed E-state index contributed by atoms with van der Waals surface area (Å²) in [6.07, 6.45) is 5.47. The summed E-state index contributed by atoms with van der Waals surface area (Å²) < 4.78 is 11.9. The van der Waals surface area contributed by atoms with Gasteiger partial charge < -0.3 is 14.0 Å². The third-order valence-corrected chi connectivity index (χ3v) is 3.10. The quantitative estimate of drug-likeness (QED) is 0.703. The number of esters is 2. The summed E-state index contributed by atoms with van der Waals surface area (Å²) in [5, 5.41) is 0. The average molecular weight is 306 g/mol. The van der Waals surface area contributed by atoms with Crippen molar-refractivity contribution in [3.63, 3.8) is 0 Å². The standard InChI is InChI=1S/C14H18N4O4/c1-10(19)21-6-12(7-22-11(2)20)3-4-18-9-17-13-5-15-8-16-14(13)18/h5,8-9,12H,3-4,6-7H2,1-2H3. The van der Waals surface area contributed by atoms with Gasteiger partial charge in [0.05, 0.1) is 25.7 Å². The van der Waals surface area contributed by atoms with E-state index in [9.17, 15) is 9.59 Å². The highest BCUT2D eigenvalue weighted by Gasteiger charge is 2.14. The number of aromatic nitrogens is 4. The van der Waals surface area contributed by atoms with Crippen LogP contribution in [0.2, 0.25) is 0 Å². The van der Waals surface area contributed by atoms with Crippen molar-refractivity contribution in [2.75, 3.05) is 13.2 Å². The molecule has 22 heavy (non-hydrogen) atoms. The first-order valence-electron chi connectivity index (χ1n) is 6.94. The topological polar surface area (TPSA) is 96.2 Å². The molecule has 0 fully saturated rings. The van der Waals surface area contributed by atoms with Gasteiger partial charge in [0.25, 0.3) is 0 Å². The van der Waals surface area contributed by atoms with Gasteiger partial charge in [-0.3, -0.25) is 9.59 Å². The molecular weight excluding hydrogens is 288 g/mol. The van der Waals surface area contributed by atoms with Crippen LogP contribution in [0.25, 0.3) is 11.2 Å². The summed E-state index contributed by atoms with van der Waals surface area (Å²) in [4.78, 5) is 34.2. The Labute approximate surface area is 127 Å². The first-order valence-corrected chi connectivity index (χ1v) is 6.94. The molecule has 2 rings (SSSR count). The smallest absolute Gasteiger partial charge is 0.302 e. The number of fused-ring (bicyclic) bond motifs is 1. The number of aryl methyl sites for hydroxylation is 1. The third kappa shape index (κ3) is 4.51. The molecule has 0 aliphatic heterocycles. The minimum atomic E-state index is -0.353. The van der Waals surface area contributed by atoms with Crippen LogP contribution >= 0.6 is 0 Å². The summed E-state index contributed by atoms with van der Waals surface area (Å²) in [6.45, 7) is 3.75. The second-order valence-electron chi connectivity index (χ2n) is 4.93. The number of rotatable bonds is 7. The summed E-state index contributed by atoms with van der Waals surface area (Å²) in [5.41, 5.74) is 1.47. The van der Waals surface area contributed by atoms with Crippen LogP contribution < -0.4 is 0 Å². The summed E-state index contributed by atoms with van der Waals surface area (Å²) in [7, 11) is 0. The minimum absolute atomic E-state index is 0.0768. The normalized spacial score (nSPS) is 10.9. The maximum atomic E-state index is 10.9. The zero-order valence-electron chi connectivity index (χ0n) is 12.6. The van der Waals surface area contributed by atoms with Gasteiger partial charge in [0, 0.05) is 26.3 Å². The van der Waals surface area contributed by atoms with Gasteiger partial charge in [-0.05, 0) is 6.42 Å². The second-order valence-corrected chi connectivity index (χ2v) is 4.93. The SMILES string of the molecule is CC(=O)OCC(CCn1cnc2cncnc21)COC(C)=O. The van der Waals surface area contributed by atoms with Gasteiger partial charge in [-0.2, -0.15) is 0 Å². The predicted octanol–water partition coefficient (Wildman–Crippen LogP) is 0.959. The highest BCUT2D eigenvalue weighted by molar-refractivity contribution is 5.68. The monoisotopic (exact) mass is 306 g/mol. The molecule has 0 bridgehead atoms. The van der Waals surface area contributed by atoms with Crippen molar-refractivity contribution in [1.29, 1.82) is 0 Å². The van der Waals surface area contributed by atoms with E-state index in [1.807, 2.05) is 4.57 Å². The summed E-state index contributed by atoms with van der Waals surface area (Å²) in [6, 6.07) is 0. The summed E-state index contributed by atoms with van der Waals surface area (Å²) >= 11 is 0. The van der Waals surface area contributed by atoms with Crippen LogP contribution in [0.5, 0.6) is 0 Å². The van der Waals surface area contributed by atoms with Gasteiger partial charge >= 0.3 is 11.9 Å². The highest BCUT2D eigenvalue weighted by Crippen LogP contribution is 2.12. The van der Waals surface area contributed by atoms with Crippen LogP contribution in [0, 0.1) is 5.92 Å². The van der Waals surface area contributed by atoms with Crippen LogP contribution in [-0.2, 0) is 25.6 Å². The van der Waals surface area contributed by atoms with Crippen molar-refractivity contribution in [2.24, 2.45) is 5.92 Å². The Morgan fingerprint density at radius 3 is 2.50 bits per heavy atom. The Kier molecular flexibility index (Phi) is 5.40. The molecule has 0 aliphatic rings. The van der Waals surface area contributed by atoms with E-state index in [2.05, 4.69) is 15.0 Å². The van der Waals surface area contributed by atoms with E-state index in [0.717, 1.165) is 11.2 Å². The van der Waals surface area contributed by atoms with Gasteiger partial charge in [0.1, 0.15) is 11.8 Å². The Morgan fingerprint density at radius 1 is 1.18 bits per heavy atom. The summed E-state index contributed by atoms with van der Waals surface area (Å²) in [5.74, 6) is -0.783. The van der Waals surface area contributed by atoms with Crippen LogP contribution in [0.1, 0.15) is 20.3 Å². The molecule has 2 aromatic heterocycles. The number of ether oxygens (including phenoxy) is 2. The molecule has 2 heterocycles. The van der Waals surface area contributed by atoms with Crippen molar-refractivity contribution in [1.82, 2.24) is 19.5 Å². The first kappa shape index (κ1) is 15.9. The van der Waals surface area contributed by atoms with Gasteiger partial charge in [-0.15, -0.1) is 0 Å². The Bertz CT molecular complexity index is 637. The van der Waals surface area contributed by atoms with E-state index >= 15 is 0 Å². The van der Waals surface area contributed by atoms with E-state index in [1.54, 1.807) is 12.5 Å². The van der Waals surface area contributed by atoms with E-state index in [0.29, 0.717) is 13.0 Å². The molecule has 0 saturated heterocycles. The molecule has 0 N–H and O–H groups in total. The molecule has 0 saturated carbocycles. The molecule has 0 aromatic carbocycles. The van der Waals surface area contributed by atoms with E-state index in [-0.39, 0.29) is 31.1 Å². The number of hydrogen-bond acceptors (Lipinski definition) is 7. The molecule has 2 aromatic rings. The number of hydrogen-bond donors (Lipinski definition) is 0. The maximum absolute atomic E-state index is 10.9. The third-order valence-electron chi connectivity index (χ3n) is 3.10. The van der Waals surface area contributed by atoms with Gasteiger partial charge in [-0.25, -0.2) is 15.0 Å². The van der Waals surface area contributed by atoms with Crippen LogP contribution in [0.15, 0.2) is 18.9 Å². The van der Waals surface area contributed by atoms with E-state index in [1.165, 1.54) is 20.2 Å². The number of carbonyl (C=O) groups is 2. The lowest BCUT2D eigenvalue weighted by molar-refractivity contribution is -0.146. The molecular formula is C14H18N4O4. The zero-order valence-corrected chi connectivity index (χ0v) is 12.6. The molecule has 8 heteroatoms. The van der Waals surface area contributed by atoms with E-state index in [4.69, 9.17) is 9.47 Å². The first-order chi connectivity index (χ1) is 10.6. The van der Waals surface area contributed by atoms with Crippen molar-refractivity contribution >= 4 is 23.1 Å². The number of nitrogens with zero attached hydrogens (tertiary/aromatic N) is 4. The average Bonchev–Trinajstić information content (AvgIpc) is 2.89. The lowest BCUT2D eigenvalue weighted by Crippen LogP contribution is -2.21. The second kappa shape index (κ2) is 7.48. The molecule has 0 unspecified atom stereocenters. The van der Waals surface area contributed by atoms with Crippen molar-refractivity contribution in [2.45, 2.75) is 26.8 Å². The predicted molar refractivity (Wildman–Crippen MR) is 76.7 cm³/mol. The lowest BCUT2D eigenvalue weighted by atomic mass is 10.1. The maximum Gasteiger partial charge on any atom is 0.302 e. The van der Waals surface area contributed by atoms with E-state index < -0.39 is 0 Å². The van der Waals surface area contributed by atoms with Crippen LogP contribution in [0.4, 0.5) is 0 Å². The molecule has 0 atom stereocenters. The Hall–Kier alpha value is -2.51. The van der Waals surface area contributed by atoms with Crippen molar-refractivity contribution < 1.29 is 19.1 Å². The molecule has 118 valence electrons. The fraction of sp³-hybridized carbons (Fsp3) is 0.500. The molecule has 0 aliphatic carbocycles. The molecule has 0 amide bonds. The minimum Gasteiger partial charge on any atom is -0.465 e. The fourth-order valence-corrected chi connectivity index (χ4v) is 1.99. The van der Waals surface area contributed by atoms with Crippen molar-refractivity contribution in [3.05, 3.63) is 18.9 Å². The molecule has 0 radical (unpaired) electrons. The Morgan fingerprint density at radius 2 is 1.86 bits per heavy atom. The van der Waals surface area contributed by atoms with Crippen LogP contribution in [-0.4, -0.2) is 44.7 Å². The van der Waals surface area contributed by atoms with Crippen molar-refractivity contribution in [3.8, 4) is 0 Å².